The number of ketones is 1. The number of halogens is 3. The van der Waals surface area contributed by atoms with E-state index in [4.69, 9.17) is 34.8 Å². The Labute approximate surface area is 208 Å². The fourth-order valence-corrected chi connectivity index (χ4v) is 4.89. The van der Waals surface area contributed by atoms with Crippen molar-refractivity contribution in [2.45, 2.75) is 41.7 Å². The van der Waals surface area contributed by atoms with Crippen molar-refractivity contribution >= 4 is 69.3 Å². The highest BCUT2D eigenvalue weighted by Gasteiger charge is 2.21. The largest absolute Gasteiger partial charge is 0.337 e. The summed E-state index contributed by atoms with van der Waals surface area (Å²) in [7, 11) is 0. The second-order valence-corrected chi connectivity index (χ2v) is 9.63. The molecule has 3 aromatic rings. The summed E-state index contributed by atoms with van der Waals surface area (Å²) < 4.78 is 0. The van der Waals surface area contributed by atoms with Gasteiger partial charge in [-0.15, -0.1) is 10.2 Å². The van der Waals surface area contributed by atoms with Gasteiger partial charge in [-0.05, 0) is 41.1 Å². The maximum Gasteiger partial charge on any atom is 0.279 e. The summed E-state index contributed by atoms with van der Waals surface area (Å²) in [6.45, 7) is 1.69. The van der Waals surface area contributed by atoms with Crippen molar-refractivity contribution in [1.29, 1.82) is 0 Å². The van der Waals surface area contributed by atoms with Gasteiger partial charge in [0.25, 0.3) is 5.24 Å². The number of thioether (sulfide) groups is 1. The van der Waals surface area contributed by atoms with Crippen LogP contribution in [-0.4, -0.2) is 37.3 Å². The van der Waals surface area contributed by atoms with Gasteiger partial charge >= 0.3 is 0 Å². The molecule has 32 heavy (non-hydrogen) atoms. The molecule has 168 valence electrons. The summed E-state index contributed by atoms with van der Waals surface area (Å²) in [5, 5.41) is 15.8. The number of nitrogens with zero attached hydrogens (tertiary/aromatic N) is 4. The van der Waals surface area contributed by atoms with Gasteiger partial charge in [-0.1, -0.05) is 83.8 Å². The number of carbonyl (C=O) groups is 2. The summed E-state index contributed by atoms with van der Waals surface area (Å²) in [6, 6.07) is 12.2. The lowest BCUT2D eigenvalue weighted by Gasteiger charge is -2.15. The second kappa shape index (κ2) is 11.9. The number of carbonyl (C=O) groups excluding carboxylic acids is 2. The van der Waals surface area contributed by atoms with E-state index in [1.165, 1.54) is 4.80 Å². The van der Waals surface area contributed by atoms with Crippen molar-refractivity contribution in [3.63, 3.8) is 0 Å². The molecule has 0 radical (unpaired) electrons. The average molecular weight is 531 g/mol. The van der Waals surface area contributed by atoms with Gasteiger partial charge in [0.15, 0.2) is 5.78 Å². The van der Waals surface area contributed by atoms with E-state index in [-0.39, 0.29) is 22.7 Å². The molecule has 0 saturated heterocycles. The van der Waals surface area contributed by atoms with E-state index in [1.54, 1.807) is 12.1 Å². The van der Waals surface area contributed by atoms with Crippen molar-refractivity contribution in [3.8, 4) is 0 Å². The molecule has 2 aromatic carbocycles. The van der Waals surface area contributed by atoms with Crippen molar-refractivity contribution in [1.82, 2.24) is 25.5 Å². The van der Waals surface area contributed by atoms with E-state index in [0.29, 0.717) is 32.1 Å². The van der Waals surface area contributed by atoms with Gasteiger partial charge in [0, 0.05) is 5.75 Å². The Morgan fingerprint density at radius 1 is 1.09 bits per heavy atom. The van der Waals surface area contributed by atoms with Crippen LogP contribution < -0.4 is 5.32 Å². The summed E-state index contributed by atoms with van der Waals surface area (Å²) >= 11 is 20.6. The second-order valence-electron chi connectivity index (χ2n) is 6.51. The first-order chi connectivity index (χ1) is 15.4. The van der Waals surface area contributed by atoms with Crippen LogP contribution in [0, 0.1) is 0 Å². The highest BCUT2D eigenvalue weighted by Crippen LogP contribution is 2.40. The van der Waals surface area contributed by atoms with Crippen LogP contribution in [0.15, 0.2) is 52.5 Å². The zero-order valence-electron chi connectivity index (χ0n) is 16.8. The van der Waals surface area contributed by atoms with E-state index in [9.17, 15) is 9.59 Å². The first kappa shape index (κ1) is 24.9. The number of rotatable bonds is 9. The number of benzene rings is 2. The van der Waals surface area contributed by atoms with Crippen LogP contribution in [0.5, 0.6) is 0 Å². The Balaban J connectivity index is 1.56. The van der Waals surface area contributed by atoms with Gasteiger partial charge in [0.1, 0.15) is 6.54 Å². The average Bonchev–Trinajstić information content (AvgIpc) is 3.23. The fraction of sp³-hybridized carbons (Fsp3) is 0.250. The fourth-order valence-electron chi connectivity index (χ4n) is 2.60. The molecular weight excluding hydrogens is 513 g/mol. The molecule has 1 atom stereocenters. The normalized spacial score (nSPS) is 11.9. The molecule has 7 nitrogen and oxygen atoms in total. The Bertz CT molecular complexity index is 1100. The van der Waals surface area contributed by atoms with Crippen LogP contribution in [0.3, 0.4) is 0 Å². The Kier molecular flexibility index (Phi) is 9.24. The molecular formula is C20H18Cl3N5O2S2. The number of Topliss-reactive ketones (excluding diaryl/α,β-unsaturated/α-hetero) is 1. The van der Waals surface area contributed by atoms with Crippen LogP contribution in [0.4, 0.5) is 4.79 Å². The minimum atomic E-state index is -0.648. The van der Waals surface area contributed by atoms with Gasteiger partial charge < -0.3 is 5.32 Å². The van der Waals surface area contributed by atoms with Gasteiger partial charge in [-0.3, -0.25) is 9.59 Å². The topological polar surface area (TPSA) is 89.8 Å². The maximum atomic E-state index is 12.7. The van der Waals surface area contributed by atoms with Crippen molar-refractivity contribution in [3.05, 3.63) is 63.1 Å². The number of hydrogen-bond donors (Lipinski definition) is 1. The molecule has 1 N–H and O–H groups in total. The van der Waals surface area contributed by atoms with Crippen LogP contribution in [-0.2, 0) is 17.1 Å². The van der Waals surface area contributed by atoms with Crippen LogP contribution in [0.1, 0.15) is 18.9 Å². The van der Waals surface area contributed by atoms with Gasteiger partial charge in [0.2, 0.25) is 5.16 Å². The molecule has 1 aromatic heterocycles. The van der Waals surface area contributed by atoms with E-state index in [2.05, 4.69) is 20.7 Å². The molecule has 1 heterocycles. The minimum absolute atomic E-state index is 0.132. The SMILES string of the molecule is CCC(NC(=O)SCc1ccccc1)C(=O)Cn1nnc(Sc2c(Cl)ccc(Cl)c2Cl)n1. The van der Waals surface area contributed by atoms with E-state index < -0.39 is 6.04 Å². The third kappa shape index (κ3) is 6.86. The number of aromatic nitrogens is 4. The summed E-state index contributed by atoms with van der Waals surface area (Å²) in [5.74, 6) is 0.297. The highest BCUT2D eigenvalue weighted by molar-refractivity contribution is 8.12. The van der Waals surface area contributed by atoms with Crippen molar-refractivity contribution in [2.75, 3.05) is 0 Å². The summed E-state index contributed by atoms with van der Waals surface area (Å²) in [6.07, 6.45) is 0.445. The monoisotopic (exact) mass is 529 g/mol. The first-order valence-electron chi connectivity index (χ1n) is 9.46. The zero-order valence-corrected chi connectivity index (χ0v) is 20.7. The van der Waals surface area contributed by atoms with Gasteiger partial charge in [-0.25, -0.2) is 0 Å². The minimum Gasteiger partial charge on any atom is -0.337 e. The molecule has 0 saturated carbocycles. The Hall–Kier alpha value is -1.78. The number of nitrogens with one attached hydrogen (secondary N) is 1. The lowest BCUT2D eigenvalue weighted by molar-refractivity contribution is -0.121. The molecule has 1 unspecified atom stereocenters. The van der Waals surface area contributed by atoms with Crippen molar-refractivity contribution < 1.29 is 9.59 Å². The number of tetrazole rings is 1. The smallest absolute Gasteiger partial charge is 0.279 e. The summed E-state index contributed by atoms with van der Waals surface area (Å²) in [4.78, 5) is 26.6. The molecule has 0 bridgehead atoms. The number of hydrogen-bond acceptors (Lipinski definition) is 7. The maximum absolute atomic E-state index is 12.7. The van der Waals surface area contributed by atoms with Crippen molar-refractivity contribution in [2.24, 2.45) is 0 Å². The molecule has 0 spiro atoms. The first-order valence-corrected chi connectivity index (χ1v) is 12.4. The van der Waals surface area contributed by atoms with Crippen LogP contribution >= 0.6 is 58.3 Å². The molecule has 0 aliphatic carbocycles. The Morgan fingerprint density at radius 2 is 1.81 bits per heavy atom. The van der Waals surface area contributed by atoms with Crippen LogP contribution in [0.25, 0.3) is 0 Å². The van der Waals surface area contributed by atoms with E-state index >= 15 is 0 Å². The molecule has 0 aliphatic rings. The molecule has 12 heteroatoms. The standard InChI is InChI=1S/C20H18Cl3N5O2S2/c1-2-15(24-20(30)31-11-12-6-4-3-5-7-12)16(29)10-28-26-19(25-27-28)32-18-14(22)9-8-13(21)17(18)23/h3-9,15H,2,10-11H2,1H3,(H,24,30). The van der Waals surface area contributed by atoms with Gasteiger partial charge in [-0.2, -0.15) is 4.80 Å². The molecule has 1 amide bonds. The highest BCUT2D eigenvalue weighted by atomic mass is 35.5. The summed E-state index contributed by atoms with van der Waals surface area (Å²) in [5.41, 5.74) is 1.03. The van der Waals surface area contributed by atoms with Crippen LogP contribution in [0.2, 0.25) is 15.1 Å². The molecule has 0 fully saturated rings. The number of amides is 1. The quantitative estimate of drug-likeness (QED) is 0.351. The van der Waals surface area contributed by atoms with Gasteiger partial charge in [0.05, 0.1) is 26.0 Å². The third-order valence-electron chi connectivity index (χ3n) is 4.23. The zero-order chi connectivity index (χ0) is 23.1. The lowest BCUT2D eigenvalue weighted by Crippen LogP contribution is -2.40. The molecule has 3 rings (SSSR count). The predicted molar refractivity (Wildman–Crippen MR) is 129 cm³/mol. The third-order valence-corrected chi connectivity index (χ3v) is 7.40. The van der Waals surface area contributed by atoms with E-state index in [1.807, 2.05) is 37.3 Å². The lowest BCUT2D eigenvalue weighted by atomic mass is 10.1. The molecule has 0 aliphatic heterocycles. The predicted octanol–water partition coefficient (Wildman–Crippen LogP) is 5.78. The van der Waals surface area contributed by atoms with E-state index in [0.717, 1.165) is 29.1 Å². The Morgan fingerprint density at radius 3 is 2.53 bits per heavy atom.